The van der Waals surface area contributed by atoms with Crippen molar-refractivity contribution in [2.75, 3.05) is 30.3 Å². The van der Waals surface area contributed by atoms with Crippen LogP contribution in [-0.4, -0.2) is 52.9 Å². The lowest BCUT2D eigenvalue weighted by molar-refractivity contribution is -0.198. The molecule has 0 bridgehead atoms. The molecule has 0 amide bonds. The van der Waals surface area contributed by atoms with Crippen LogP contribution in [0.2, 0.25) is 0 Å². The number of halogens is 3. The Balaban J connectivity index is 1.32. The monoisotopic (exact) mass is 527 g/mol. The molecule has 38 heavy (non-hydrogen) atoms. The highest BCUT2D eigenvalue weighted by Gasteiger charge is 2.45. The van der Waals surface area contributed by atoms with E-state index in [1.165, 1.54) is 18.2 Å². The maximum Gasteiger partial charge on any atom is 0.429 e. The van der Waals surface area contributed by atoms with Crippen molar-refractivity contribution < 1.29 is 27.8 Å². The Labute approximate surface area is 217 Å². The molecule has 1 unspecified atom stereocenters. The highest BCUT2D eigenvalue weighted by Crippen LogP contribution is 2.41. The molecular formula is C27H28F3N5O3. The third-order valence-electron chi connectivity index (χ3n) is 7.37. The molecule has 2 fully saturated rings. The molecule has 0 saturated carbocycles. The first-order valence-electron chi connectivity index (χ1n) is 12.4. The summed E-state index contributed by atoms with van der Waals surface area (Å²) in [4.78, 5) is 21.4. The van der Waals surface area contributed by atoms with Gasteiger partial charge in [-0.1, -0.05) is 54.6 Å². The fourth-order valence-electron chi connectivity index (χ4n) is 5.26. The number of nitrogens with zero attached hydrogens (tertiary/aromatic N) is 3. The van der Waals surface area contributed by atoms with Gasteiger partial charge in [-0.05, 0) is 35.8 Å². The lowest BCUT2D eigenvalue weighted by Gasteiger charge is -2.39. The molecule has 2 aliphatic rings. The number of anilines is 2. The molecule has 1 spiro atoms. The maximum absolute atomic E-state index is 14.1. The molecule has 2 aromatic carbocycles. The lowest BCUT2D eigenvalue weighted by atomic mass is 9.76. The molecule has 3 aromatic rings. The van der Waals surface area contributed by atoms with Crippen LogP contribution in [0.5, 0.6) is 5.88 Å². The fraction of sp³-hybridized carbons (Fsp3) is 0.370. The number of carbonyl (C=O) groups is 1. The summed E-state index contributed by atoms with van der Waals surface area (Å²) in [6, 6.07) is 16.2. The number of ether oxygens (including phenoxy) is 1. The van der Waals surface area contributed by atoms with Crippen molar-refractivity contribution in [3.63, 3.8) is 0 Å². The largest absolute Gasteiger partial charge is 0.480 e. The molecule has 2 aliphatic heterocycles. The predicted octanol–water partition coefficient (Wildman–Crippen LogP) is 4.44. The number of rotatable bonds is 6. The van der Waals surface area contributed by atoms with E-state index in [9.17, 15) is 23.1 Å². The van der Waals surface area contributed by atoms with Crippen LogP contribution in [0, 0.1) is 5.41 Å². The van der Waals surface area contributed by atoms with Crippen molar-refractivity contribution >= 4 is 17.7 Å². The quantitative estimate of drug-likeness (QED) is 0.431. The van der Waals surface area contributed by atoms with Gasteiger partial charge in [0, 0.05) is 31.3 Å². The second kappa shape index (κ2) is 10.1. The minimum absolute atomic E-state index is 0.0578. The zero-order valence-corrected chi connectivity index (χ0v) is 20.5. The van der Waals surface area contributed by atoms with Crippen LogP contribution < -0.4 is 20.7 Å². The predicted molar refractivity (Wildman–Crippen MR) is 136 cm³/mol. The molecule has 8 nitrogen and oxygen atoms in total. The zero-order valence-electron chi connectivity index (χ0n) is 20.5. The number of benzene rings is 2. The van der Waals surface area contributed by atoms with Gasteiger partial charge in [0.25, 0.3) is 0 Å². The van der Waals surface area contributed by atoms with Crippen LogP contribution in [0.25, 0.3) is 11.1 Å². The van der Waals surface area contributed by atoms with Gasteiger partial charge < -0.3 is 25.8 Å². The number of hydrogen-bond donors (Lipinski definition) is 3. The number of carboxylic acids is 1. The Kier molecular flexibility index (Phi) is 6.87. The standard InChI is InChI=1S/C27H28F3N5O3/c28-27(29,30)23(19-8-6-18(7-9-19)17-4-2-1-3-5-17)38-22-14-21(33-25(31)34-22)35-12-10-26(11-13-35)15-20(24(36)37)32-16-26/h1-9,14,20,23,32H,10-13,15-16H2,(H,36,37)(H2,31,33,34)/t20-,23?/m0/s1. The topological polar surface area (TPSA) is 114 Å². The second-order valence-electron chi connectivity index (χ2n) is 9.91. The van der Waals surface area contributed by atoms with E-state index in [-0.39, 0.29) is 22.8 Å². The number of alkyl halides is 3. The minimum Gasteiger partial charge on any atom is -0.480 e. The first kappa shape index (κ1) is 25.8. The van der Waals surface area contributed by atoms with Crippen molar-refractivity contribution in [2.45, 2.75) is 37.6 Å². The van der Waals surface area contributed by atoms with Crippen molar-refractivity contribution in [1.29, 1.82) is 0 Å². The molecule has 5 rings (SSSR count). The van der Waals surface area contributed by atoms with Gasteiger partial charge in [-0.15, -0.1) is 0 Å². The van der Waals surface area contributed by atoms with Crippen LogP contribution in [0.3, 0.4) is 0 Å². The molecular weight excluding hydrogens is 499 g/mol. The number of aliphatic carboxylic acids is 1. The van der Waals surface area contributed by atoms with Gasteiger partial charge in [-0.2, -0.15) is 23.1 Å². The van der Waals surface area contributed by atoms with Crippen LogP contribution in [0.1, 0.15) is 30.9 Å². The molecule has 4 N–H and O–H groups in total. The molecule has 0 aliphatic carbocycles. The van der Waals surface area contributed by atoms with Crippen LogP contribution in [-0.2, 0) is 4.79 Å². The third kappa shape index (κ3) is 5.52. The van der Waals surface area contributed by atoms with Crippen LogP contribution in [0.15, 0.2) is 60.7 Å². The number of hydrogen-bond acceptors (Lipinski definition) is 7. The van der Waals surface area contributed by atoms with E-state index in [0.29, 0.717) is 31.9 Å². The SMILES string of the molecule is Nc1nc(OC(c2ccc(-c3ccccc3)cc2)C(F)(F)F)cc(N2CCC3(CC2)CN[C@H](C(=O)O)C3)n1. The van der Waals surface area contributed by atoms with Crippen molar-refractivity contribution in [3.05, 3.63) is 66.2 Å². The molecule has 0 radical (unpaired) electrons. The van der Waals surface area contributed by atoms with Gasteiger partial charge in [-0.25, -0.2) is 0 Å². The average Bonchev–Trinajstić information content (AvgIpc) is 3.31. The summed E-state index contributed by atoms with van der Waals surface area (Å²) in [5, 5.41) is 12.4. The average molecular weight is 528 g/mol. The summed E-state index contributed by atoms with van der Waals surface area (Å²) < 4.78 is 47.6. The molecule has 11 heteroatoms. The number of nitrogens with two attached hydrogens (primary N) is 1. The smallest absolute Gasteiger partial charge is 0.429 e. The number of piperidine rings is 1. The molecule has 3 heterocycles. The van der Waals surface area contributed by atoms with Crippen molar-refractivity contribution in [1.82, 2.24) is 15.3 Å². The molecule has 200 valence electrons. The summed E-state index contributed by atoms with van der Waals surface area (Å²) in [6.07, 6.45) is -4.93. The van der Waals surface area contributed by atoms with Gasteiger partial charge in [0.15, 0.2) is 0 Å². The van der Waals surface area contributed by atoms with Crippen molar-refractivity contribution in [2.24, 2.45) is 5.41 Å². The second-order valence-corrected chi connectivity index (χ2v) is 9.91. The summed E-state index contributed by atoms with van der Waals surface area (Å²) in [5.74, 6) is -0.936. The maximum atomic E-state index is 14.1. The van der Waals surface area contributed by atoms with Gasteiger partial charge in [0.1, 0.15) is 11.9 Å². The highest BCUT2D eigenvalue weighted by atomic mass is 19.4. The Morgan fingerprint density at radius 1 is 1.08 bits per heavy atom. The van der Waals surface area contributed by atoms with Crippen LogP contribution >= 0.6 is 0 Å². The van der Waals surface area contributed by atoms with E-state index in [2.05, 4.69) is 15.3 Å². The number of nitrogens with one attached hydrogen (secondary N) is 1. The van der Waals surface area contributed by atoms with Gasteiger partial charge >= 0.3 is 12.1 Å². The van der Waals surface area contributed by atoms with Crippen LogP contribution in [0.4, 0.5) is 24.9 Å². The van der Waals surface area contributed by atoms with Gasteiger partial charge in [0.2, 0.25) is 17.9 Å². The van der Waals surface area contributed by atoms with Gasteiger partial charge in [-0.3, -0.25) is 4.79 Å². The Morgan fingerprint density at radius 3 is 2.34 bits per heavy atom. The normalized spacial score (nSPS) is 19.9. The fourth-order valence-corrected chi connectivity index (χ4v) is 5.26. The lowest BCUT2D eigenvalue weighted by Crippen LogP contribution is -2.41. The summed E-state index contributed by atoms with van der Waals surface area (Å²) in [7, 11) is 0. The van der Waals surface area contributed by atoms with E-state index >= 15 is 0 Å². The third-order valence-corrected chi connectivity index (χ3v) is 7.37. The first-order chi connectivity index (χ1) is 18.1. The zero-order chi connectivity index (χ0) is 26.9. The molecule has 1 aromatic heterocycles. The minimum atomic E-state index is -4.69. The highest BCUT2D eigenvalue weighted by molar-refractivity contribution is 5.74. The summed E-state index contributed by atoms with van der Waals surface area (Å²) in [5.41, 5.74) is 7.36. The first-order valence-corrected chi connectivity index (χ1v) is 12.4. The van der Waals surface area contributed by atoms with E-state index in [4.69, 9.17) is 10.5 Å². The number of carboxylic acid groups (broad SMARTS) is 1. The molecule has 2 atom stereocenters. The number of aromatic nitrogens is 2. The molecule has 2 saturated heterocycles. The van der Waals surface area contributed by atoms with E-state index in [0.717, 1.165) is 24.0 Å². The Morgan fingerprint density at radius 2 is 1.74 bits per heavy atom. The van der Waals surface area contributed by atoms with Gasteiger partial charge in [0.05, 0.1) is 0 Å². The van der Waals surface area contributed by atoms with E-state index < -0.39 is 24.3 Å². The van der Waals surface area contributed by atoms with E-state index in [1.807, 2.05) is 35.2 Å². The Bertz CT molecular complexity index is 1280. The Hall–Kier alpha value is -3.86. The number of nitrogen functional groups attached to an aromatic ring is 1. The van der Waals surface area contributed by atoms with Crippen molar-refractivity contribution in [3.8, 4) is 17.0 Å². The summed E-state index contributed by atoms with van der Waals surface area (Å²) in [6.45, 7) is 1.75. The summed E-state index contributed by atoms with van der Waals surface area (Å²) >= 11 is 0. The van der Waals surface area contributed by atoms with E-state index in [1.54, 1.807) is 12.1 Å².